The first-order valence-electron chi connectivity index (χ1n) is 6.93. The number of carbonyl (C=O) groups excluding carboxylic acids is 2. The highest BCUT2D eigenvalue weighted by molar-refractivity contribution is 6.05. The molecule has 2 aliphatic heterocycles. The van der Waals surface area contributed by atoms with Crippen molar-refractivity contribution >= 4 is 11.8 Å². The van der Waals surface area contributed by atoms with Crippen molar-refractivity contribution in [1.29, 1.82) is 0 Å². The van der Waals surface area contributed by atoms with E-state index in [0.29, 0.717) is 13.1 Å². The fourth-order valence-electron chi connectivity index (χ4n) is 3.44. The number of benzene rings is 1. The standard InChI is InChI=1S/C15H19N3O2/c1-17-14(19)11-9-18(8-10-5-3-2-4-6-10)12(7-16)13(11)15(17)20/h2-6,11-13H,7-9,16H2,1H3/t11-,12?,13-/m1/s1. The maximum absolute atomic E-state index is 12.2. The first-order chi connectivity index (χ1) is 9.63. The summed E-state index contributed by atoms with van der Waals surface area (Å²) in [6.45, 7) is 1.76. The molecule has 0 bridgehead atoms. The van der Waals surface area contributed by atoms with Gasteiger partial charge >= 0.3 is 0 Å². The largest absolute Gasteiger partial charge is 0.329 e. The minimum atomic E-state index is -0.263. The first-order valence-corrected chi connectivity index (χ1v) is 6.93. The van der Waals surface area contributed by atoms with Crippen LogP contribution in [0.1, 0.15) is 5.56 Å². The predicted molar refractivity (Wildman–Crippen MR) is 74.5 cm³/mol. The van der Waals surface area contributed by atoms with Crippen LogP contribution in [0.4, 0.5) is 0 Å². The van der Waals surface area contributed by atoms with Gasteiger partial charge in [-0.25, -0.2) is 0 Å². The highest BCUT2D eigenvalue weighted by Gasteiger charge is 2.55. The quantitative estimate of drug-likeness (QED) is 0.791. The van der Waals surface area contributed by atoms with Crippen LogP contribution in [0.15, 0.2) is 30.3 Å². The molecule has 3 rings (SSSR count). The van der Waals surface area contributed by atoms with Crippen molar-refractivity contribution < 1.29 is 9.59 Å². The van der Waals surface area contributed by atoms with Gasteiger partial charge in [-0.3, -0.25) is 19.4 Å². The predicted octanol–water partition coefficient (Wildman–Crippen LogP) is 0.0605. The lowest BCUT2D eigenvalue weighted by atomic mass is 9.93. The number of hydrogen-bond donors (Lipinski definition) is 1. The Balaban J connectivity index is 1.82. The molecule has 0 saturated carbocycles. The Morgan fingerprint density at radius 3 is 2.55 bits per heavy atom. The van der Waals surface area contributed by atoms with Gasteiger partial charge in [0.2, 0.25) is 11.8 Å². The Labute approximate surface area is 118 Å². The van der Waals surface area contributed by atoms with Crippen molar-refractivity contribution in [2.45, 2.75) is 12.6 Å². The third kappa shape index (κ3) is 1.94. The van der Waals surface area contributed by atoms with Crippen molar-refractivity contribution in [2.75, 3.05) is 20.1 Å². The summed E-state index contributed by atoms with van der Waals surface area (Å²) in [5.41, 5.74) is 7.04. The zero-order chi connectivity index (χ0) is 14.3. The number of carbonyl (C=O) groups is 2. The van der Waals surface area contributed by atoms with E-state index in [-0.39, 0.29) is 29.7 Å². The van der Waals surface area contributed by atoms with Crippen LogP contribution in [0, 0.1) is 11.8 Å². The summed E-state index contributed by atoms with van der Waals surface area (Å²) >= 11 is 0. The van der Waals surface area contributed by atoms with E-state index in [4.69, 9.17) is 5.73 Å². The third-order valence-corrected chi connectivity index (χ3v) is 4.48. The van der Waals surface area contributed by atoms with Gasteiger partial charge in [0, 0.05) is 32.7 Å². The van der Waals surface area contributed by atoms with Crippen LogP contribution in [-0.4, -0.2) is 47.8 Å². The fraction of sp³-hybridized carbons (Fsp3) is 0.467. The number of rotatable bonds is 3. The Bertz CT molecular complexity index is 531. The summed E-state index contributed by atoms with van der Waals surface area (Å²) in [6.07, 6.45) is 0. The van der Waals surface area contributed by atoms with E-state index in [0.717, 1.165) is 6.54 Å². The van der Waals surface area contributed by atoms with Crippen LogP contribution < -0.4 is 5.73 Å². The molecule has 0 aliphatic carbocycles. The van der Waals surface area contributed by atoms with Gasteiger partial charge < -0.3 is 5.73 Å². The molecule has 20 heavy (non-hydrogen) atoms. The number of fused-ring (bicyclic) bond motifs is 1. The SMILES string of the molecule is CN1C(=O)[C@@H]2CN(Cc3ccccc3)C(CN)[C@@H]2C1=O. The van der Waals surface area contributed by atoms with Gasteiger partial charge in [0.05, 0.1) is 11.8 Å². The Morgan fingerprint density at radius 1 is 1.20 bits per heavy atom. The fourth-order valence-corrected chi connectivity index (χ4v) is 3.44. The zero-order valence-electron chi connectivity index (χ0n) is 11.5. The Hall–Kier alpha value is -1.72. The van der Waals surface area contributed by atoms with Gasteiger partial charge in [0.25, 0.3) is 0 Å². The summed E-state index contributed by atoms with van der Waals surface area (Å²) in [4.78, 5) is 27.7. The lowest BCUT2D eigenvalue weighted by molar-refractivity contribution is -0.139. The van der Waals surface area contributed by atoms with Crippen molar-refractivity contribution in [3.8, 4) is 0 Å². The molecule has 2 aliphatic rings. The second-order valence-corrected chi connectivity index (χ2v) is 5.59. The molecular formula is C15H19N3O2. The van der Waals surface area contributed by atoms with Crippen LogP contribution in [-0.2, 0) is 16.1 Å². The molecule has 3 atom stereocenters. The van der Waals surface area contributed by atoms with E-state index in [1.54, 1.807) is 7.05 Å². The molecule has 5 heteroatoms. The highest BCUT2D eigenvalue weighted by atomic mass is 16.2. The topological polar surface area (TPSA) is 66.6 Å². The summed E-state index contributed by atoms with van der Waals surface area (Å²) in [7, 11) is 1.57. The number of nitrogens with zero attached hydrogens (tertiary/aromatic N) is 2. The molecule has 5 nitrogen and oxygen atoms in total. The van der Waals surface area contributed by atoms with Crippen LogP contribution in [0.5, 0.6) is 0 Å². The molecule has 2 N–H and O–H groups in total. The normalized spacial score (nSPS) is 30.1. The van der Waals surface area contributed by atoms with E-state index in [9.17, 15) is 9.59 Å². The lowest BCUT2D eigenvalue weighted by Crippen LogP contribution is -2.43. The highest BCUT2D eigenvalue weighted by Crippen LogP contribution is 2.37. The molecular weight excluding hydrogens is 254 g/mol. The van der Waals surface area contributed by atoms with Gasteiger partial charge in [-0.1, -0.05) is 30.3 Å². The number of likely N-dealkylation sites (tertiary alicyclic amines) is 2. The molecule has 0 radical (unpaired) electrons. The summed E-state index contributed by atoms with van der Waals surface area (Å²) in [6, 6.07) is 10.0. The van der Waals surface area contributed by atoms with Crippen LogP contribution in [0.2, 0.25) is 0 Å². The molecule has 0 aromatic heterocycles. The molecule has 1 aromatic carbocycles. The molecule has 2 fully saturated rings. The van der Waals surface area contributed by atoms with Gasteiger partial charge in [-0.15, -0.1) is 0 Å². The number of imide groups is 1. The van der Waals surface area contributed by atoms with Crippen molar-refractivity contribution in [2.24, 2.45) is 17.6 Å². The summed E-state index contributed by atoms with van der Waals surface area (Å²) in [5.74, 6) is -0.619. The molecule has 2 saturated heterocycles. The minimum Gasteiger partial charge on any atom is -0.329 e. The van der Waals surface area contributed by atoms with Crippen LogP contribution >= 0.6 is 0 Å². The van der Waals surface area contributed by atoms with Crippen molar-refractivity contribution in [3.05, 3.63) is 35.9 Å². The van der Waals surface area contributed by atoms with Crippen LogP contribution in [0.3, 0.4) is 0 Å². The lowest BCUT2D eigenvalue weighted by Gasteiger charge is -2.26. The Kier molecular flexibility index (Phi) is 3.31. The monoisotopic (exact) mass is 273 g/mol. The molecule has 0 spiro atoms. The summed E-state index contributed by atoms with van der Waals surface area (Å²) < 4.78 is 0. The van der Waals surface area contributed by atoms with Crippen LogP contribution in [0.25, 0.3) is 0 Å². The average Bonchev–Trinajstić information content (AvgIpc) is 2.92. The van der Waals surface area contributed by atoms with E-state index in [2.05, 4.69) is 17.0 Å². The second kappa shape index (κ2) is 5.00. The van der Waals surface area contributed by atoms with Crippen molar-refractivity contribution in [3.63, 3.8) is 0 Å². The van der Waals surface area contributed by atoms with E-state index >= 15 is 0 Å². The maximum atomic E-state index is 12.2. The zero-order valence-corrected chi connectivity index (χ0v) is 11.5. The number of hydrogen-bond acceptors (Lipinski definition) is 4. The molecule has 2 amide bonds. The van der Waals surface area contributed by atoms with E-state index < -0.39 is 0 Å². The van der Waals surface area contributed by atoms with Gasteiger partial charge in [-0.05, 0) is 5.56 Å². The Morgan fingerprint density at radius 2 is 1.90 bits per heavy atom. The van der Waals surface area contributed by atoms with Gasteiger partial charge in [-0.2, -0.15) is 0 Å². The molecule has 1 aromatic rings. The molecule has 1 unspecified atom stereocenters. The second-order valence-electron chi connectivity index (χ2n) is 5.59. The first kappa shape index (κ1) is 13.3. The smallest absolute Gasteiger partial charge is 0.234 e. The van der Waals surface area contributed by atoms with Crippen molar-refractivity contribution in [1.82, 2.24) is 9.80 Å². The molecule has 106 valence electrons. The third-order valence-electron chi connectivity index (χ3n) is 4.48. The van der Waals surface area contributed by atoms with E-state index in [1.165, 1.54) is 10.5 Å². The van der Waals surface area contributed by atoms with Gasteiger partial charge in [0.15, 0.2) is 0 Å². The summed E-state index contributed by atoms with van der Waals surface area (Å²) in [5, 5.41) is 0. The van der Waals surface area contributed by atoms with Gasteiger partial charge in [0.1, 0.15) is 0 Å². The molecule has 2 heterocycles. The number of nitrogens with two attached hydrogens (primary N) is 1. The number of amides is 2. The van der Waals surface area contributed by atoms with E-state index in [1.807, 2.05) is 18.2 Å². The minimum absolute atomic E-state index is 0.0402. The maximum Gasteiger partial charge on any atom is 0.234 e. The average molecular weight is 273 g/mol.